The van der Waals surface area contributed by atoms with Gasteiger partial charge in [-0.15, -0.1) is 0 Å². The minimum atomic E-state index is 0.717. The Morgan fingerprint density at radius 3 is 2.70 bits per heavy atom. The Balaban J connectivity index is 2.02. The molecule has 0 aliphatic heterocycles. The highest BCUT2D eigenvalue weighted by Crippen LogP contribution is 2.32. The van der Waals surface area contributed by atoms with Gasteiger partial charge in [-0.2, -0.15) is 0 Å². The summed E-state index contributed by atoms with van der Waals surface area (Å²) in [4.78, 5) is 7.78. The maximum absolute atomic E-state index is 5.47. The predicted octanol–water partition coefficient (Wildman–Crippen LogP) is 3.93. The number of fused-ring (bicyclic) bond motifs is 1. The molecular formula is C16H17N3O. The fourth-order valence-corrected chi connectivity index (χ4v) is 2.46. The first-order chi connectivity index (χ1) is 9.67. The molecule has 0 bridgehead atoms. The van der Waals surface area contributed by atoms with E-state index in [4.69, 9.17) is 4.74 Å². The molecule has 0 amide bonds. The highest BCUT2D eigenvalue weighted by molar-refractivity contribution is 5.79. The average Bonchev–Trinajstić information content (AvgIpc) is 2.80. The number of nitrogens with zero attached hydrogens (tertiary/aromatic N) is 1. The molecule has 2 aromatic carbocycles. The Bertz CT molecular complexity index is 729. The largest absolute Gasteiger partial charge is 0.494 e. The number of imidazole rings is 1. The summed E-state index contributed by atoms with van der Waals surface area (Å²) in [5.41, 5.74) is 5.16. The van der Waals surface area contributed by atoms with Gasteiger partial charge >= 0.3 is 0 Å². The third-order valence-corrected chi connectivity index (χ3v) is 3.27. The van der Waals surface area contributed by atoms with Gasteiger partial charge in [-0.1, -0.05) is 18.2 Å². The van der Waals surface area contributed by atoms with E-state index in [0.29, 0.717) is 0 Å². The summed E-state index contributed by atoms with van der Waals surface area (Å²) in [5, 5.41) is 3.30. The van der Waals surface area contributed by atoms with Crippen molar-refractivity contribution >= 4 is 22.7 Å². The van der Waals surface area contributed by atoms with Crippen LogP contribution in [-0.2, 0) is 0 Å². The second-order valence-electron chi connectivity index (χ2n) is 4.89. The molecular weight excluding hydrogens is 250 g/mol. The molecule has 4 nitrogen and oxygen atoms in total. The van der Waals surface area contributed by atoms with Crippen LogP contribution in [0.4, 0.5) is 11.6 Å². The molecule has 0 aliphatic carbocycles. The molecule has 102 valence electrons. The van der Waals surface area contributed by atoms with Crippen molar-refractivity contribution in [3.05, 3.63) is 47.5 Å². The number of aromatic amines is 1. The van der Waals surface area contributed by atoms with Crippen molar-refractivity contribution in [2.24, 2.45) is 0 Å². The minimum Gasteiger partial charge on any atom is -0.494 e. The quantitative estimate of drug-likeness (QED) is 0.756. The number of hydrogen-bond acceptors (Lipinski definition) is 3. The van der Waals surface area contributed by atoms with Gasteiger partial charge < -0.3 is 15.0 Å². The molecule has 0 fully saturated rings. The van der Waals surface area contributed by atoms with Crippen molar-refractivity contribution < 1.29 is 4.74 Å². The SMILES string of the molecule is COc1c(C)cc(C)cc1Nc1nc2ccccc2[nH]1. The number of para-hydroxylation sites is 2. The summed E-state index contributed by atoms with van der Waals surface area (Å²) < 4.78 is 5.47. The second-order valence-corrected chi connectivity index (χ2v) is 4.89. The number of ether oxygens (including phenoxy) is 1. The molecule has 4 heteroatoms. The summed E-state index contributed by atoms with van der Waals surface area (Å²) in [7, 11) is 1.68. The van der Waals surface area contributed by atoms with E-state index in [9.17, 15) is 0 Å². The summed E-state index contributed by atoms with van der Waals surface area (Å²) in [6.07, 6.45) is 0. The smallest absolute Gasteiger partial charge is 0.205 e. The molecule has 0 aliphatic rings. The number of nitrogens with one attached hydrogen (secondary N) is 2. The number of benzene rings is 2. The molecule has 20 heavy (non-hydrogen) atoms. The molecule has 1 heterocycles. The summed E-state index contributed by atoms with van der Waals surface area (Å²) in [6.45, 7) is 4.10. The highest BCUT2D eigenvalue weighted by Gasteiger charge is 2.09. The van der Waals surface area contributed by atoms with Crippen molar-refractivity contribution in [2.45, 2.75) is 13.8 Å². The third-order valence-electron chi connectivity index (χ3n) is 3.27. The lowest BCUT2D eigenvalue weighted by atomic mass is 10.1. The maximum atomic E-state index is 5.47. The Kier molecular flexibility index (Phi) is 3.06. The van der Waals surface area contributed by atoms with Gasteiger partial charge in [0, 0.05) is 0 Å². The van der Waals surface area contributed by atoms with E-state index in [0.717, 1.165) is 34.0 Å². The Hall–Kier alpha value is -2.49. The molecule has 0 saturated carbocycles. The van der Waals surface area contributed by atoms with Crippen LogP contribution in [0, 0.1) is 13.8 Å². The van der Waals surface area contributed by atoms with Crippen molar-refractivity contribution in [1.82, 2.24) is 9.97 Å². The number of aromatic nitrogens is 2. The summed E-state index contributed by atoms with van der Waals surface area (Å²) in [5.74, 6) is 1.56. The van der Waals surface area contributed by atoms with Gasteiger partial charge in [0.25, 0.3) is 0 Å². The lowest BCUT2D eigenvalue weighted by Crippen LogP contribution is -1.98. The average molecular weight is 267 g/mol. The van der Waals surface area contributed by atoms with Crippen LogP contribution in [0.25, 0.3) is 11.0 Å². The van der Waals surface area contributed by atoms with Gasteiger partial charge in [-0.3, -0.25) is 0 Å². The zero-order valence-corrected chi connectivity index (χ0v) is 11.8. The molecule has 0 radical (unpaired) electrons. The first-order valence-electron chi connectivity index (χ1n) is 6.54. The van der Waals surface area contributed by atoms with E-state index in [2.05, 4.69) is 34.3 Å². The van der Waals surface area contributed by atoms with Crippen LogP contribution < -0.4 is 10.1 Å². The maximum Gasteiger partial charge on any atom is 0.205 e. The lowest BCUT2D eigenvalue weighted by Gasteiger charge is -2.13. The fraction of sp³-hybridized carbons (Fsp3) is 0.188. The van der Waals surface area contributed by atoms with E-state index in [-0.39, 0.29) is 0 Å². The van der Waals surface area contributed by atoms with Gasteiger partial charge in [-0.05, 0) is 43.2 Å². The van der Waals surface area contributed by atoms with Crippen molar-refractivity contribution in [2.75, 3.05) is 12.4 Å². The van der Waals surface area contributed by atoms with Crippen molar-refractivity contribution in [3.8, 4) is 5.75 Å². The third kappa shape index (κ3) is 2.20. The zero-order chi connectivity index (χ0) is 14.1. The first-order valence-corrected chi connectivity index (χ1v) is 6.54. The molecule has 3 rings (SSSR count). The van der Waals surface area contributed by atoms with Crippen molar-refractivity contribution in [3.63, 3.8) is 0 Å². The van der Waals surface area contributed by atoms with Crippen LogP contribution in [0.2, 0.25) is 0 Å². The Morgan fingerprint density at radius 2 is 1.95 bits per heavy atom. The predicted molar refractivity (Wildman–Crippen MR) is 81.8 cm³/mol. The van der Waals surface area contributed by atoms with Crippen molar-refractivity contribution in [1.29, 1.82) is 0 Å². The van der Waals surface area contributed by atoms with Crippen LogP contribution in [0.1, 0.15) is 11.1 Å². The van der Waals surface area contributed by atoms with Crippen LogP contribution in [0.15, 0.2) is 36.4 Å². The van der Waals surface area contributed by atoms with E-state index >= 15 is 0 Å². The number of H-pyrrole nitrogens is 1. The highest BCUT2D eigenvalue weighted by atomic mass is 16.5. The van der Waals surface area contributed by atoms with Crippen LogP contribution >= 0.6 is 0 Å². The van der Waals surface area contributed by atoms with Gasteiger partial charge in [-0.25, -0.2) is 4.98 Å². The molecule has 0 unspecified atom stereocenters. The monoisotopic (exact) mass is 267 g/mol. The molecule has 0 saturated heterocycles. The number of anilines is 2. The number of methoxy groups -OCH3 is 1. The summed E-state index contributed by atoms with van der Waals surface area (Å²) >= 11 is 0. The van der Waals surface area contributed by atoms with E-state index in [1.54, 1.807) is 7.11 Å². The van der Waals surface area contributed by atoms with Crippen LogP contribution in [0.5, 0.6) is 5.75 Å². The molecule has 0 spiro atoms. The first kappa shape index (κ1) is 12.5. The minimum absolute atomic E-state index is 0.717. The Labute approximate surface area is 117 Å². The molecule has 3 aromatic rings. The van der Waals surface area contributed by atoms with Gasteiger partial charge in [0.05, 0.1) is 23.8 Å². The Morgan fingerprint density at radius 1 is 1.15 bits per heavy atom. The zero-order valence-electron chi connectivity index (χ0n) is 11.8. The summed E-state index contributed by atoms with van der Waals surface area (Å²) in [6, 6.07) is 12.1. The van der Waals surface area contributed by atoms with E-state index in [1.165, 1.54) is 5.56 Å². The standard InChI is InChI=1S/C16H17N3O/c1-10-8-11(2)15(20-3)14(9-10)19-16-17-12-6-4-5-7-13(12)18-16/h4-9H,1-3H3,(H2,17,18,19). The molecule has 1 aromatic heterocycles. The van der Waals surface area contributed by atoms with Crippen LogP contribution in [-0.4, -0.2) is 17.1 Å². The number of aryl methyl sites for hydroxylation is 2. The fourth-order valence-electron chi connectivity index (χ4n) is 2.46. The lowest BCUT2D eigenvalue weighted by molar-refractivity contribution is 0.413. The molecule has 2 N–H and O–H groups in total. The van der Waals surface area contributed by atoms with Crippen LogP contribution in [0.3, 0.4) is 0 Å². The topological polar surface area (TPSA) is 49.9 Å². The van der Waals surface area contributed by atoms with Gasteiger partial charge in [0.1, 0.15) is 5.75 Å². The number of hydrogen-bond donors (Lipinski definition) is 2. The number of rotatable bonds is 3. The van der Waals surface area contributed by atoms with Gasteiger partial charge in [0.2, 0.25) is 5.95 Å². The second kappa shape index (κ2) is 4.89. The van der Waals surface area contributed by atoms with E-state index < -0.39 is 0 Å². The van der Waals surface area contributed by atoms with E-state index in [1.807, 2.05) is 31.2 Å². The van der Waals surface area contributed by atoms with Gasteiger partial charge in [0.15, 0.2) is 0 Å². The molecule has 0 atom stereocenters. The normalized spacial score (nSPS) is 10.8.